The molecule has 3 N–H and O–H groups in total. The molecule has 0 aromatic carbocycles. The number of hydrogen-bond donors (Lipinski definition) is 2. The van der Waals surface area contributed by atoms with Gasteiger partial charge in [-0.2, -0.15) is 0 Å². The van der Waals surface area contributed by atoms with Crippen LogP contribution in [0.1, 0.15) is 47.5 Å². The molecule has 0 fully saturated rings. The van der Waals surface area contributed by atoms with E-state index in [2.05, 4.69) is 33.0 Å². The number of halogens is 1. The molecule has 0 saturated carbocycles. The Morgan fingerprint density at radius 2 is 1.69 bits per heavy atom. The Hall–Kier alpha value is -0.280. The molecule has 0 rings (SSSR count). The van der Waals surface area contributed by atoms with E-state index in [0.717, 1.165) is 12.8 Å². The average Bonchev–Trinajstić information content (AvgIpc) is 2.24. The summed E-state index contributed by atoms with van der Waals surface area (Å²) in [7, 11) is 0. The Labute approximate surface area is 106 Å². The Morgan fingerprint density at radius 3 is 1.94 bits per heavy atom. The fraction of sp³-hybridized carbons (Fsp3) is 0.917. The van der Waals surface area contributed by atoms with Gasteiger partial charge in [0.25, 0.3) is 0 Å². The largest absolute Gasteiger partial charge is 0.349 e. The summed E-state index contributed by atoms with van der Waals surface area (Å²) in [6, 6.07) is 0. The van der Waals surface area contributed by atoms with Gasteiger partial charge in [0, 0.05) is 12.5 Å². The molecule has 3 nitrogen and oxygen atoms in total. The first-order valence-electron chi connectivity index (χ1n) is 5.94. The summed E-state index contributed by atoms with van der Waals surface area (Å²) in [4.78, 5) is 11.9. The van der Waals surface area contributed by atoms with Crippen LogP contribution in [0.5, 0.6) is 0 Å². The van der Waals surface area contributed by atoms with Crippen molar-refractivity contribution in [2.24, 2.45) is 17.6 Å². The lowest BCUT2D eigenvalue weighted by Crippen LogP contribution is -2.54. The number of hydrogen-bond acceptors (Lipinski definition) is 2. The number of nitrogens with one attached hydrogen (secondary N) is 1. The van der Waals surface area contributed by atoms with Crippen LogP contribution in [0.3, 0.4) is 0 Å². The van der Waals surface area contributed by atoms with Gasteiger partial charge in [0.15, 0.2) is 0 Å². The van der Waals surface area contributed by atoms with Gasteiger partial charge >= 0.3 is 0 Å². The van der Waals surface area contributed by atoms with Crippen molar-refractivity contribution in [3.63, 3.8) is 0 Å². The number of rotatable bonds is 6. The third-order valence-corrected chi connectivity index (χ3v) is 3.55. The smallest absolute Gasteiger partial charge is 0.223 e. The minimum absolute atomic E-state index is 0. The molecular formula is C12H27ClN2O. The molecule has 0 radical (unpaired) electrons. The highest BCUT2D eigenvalue weighted by molar-refractivity contribution is 5.85. The van der Waals surface area contributed by atoms with Gasteiger partial charge in [-0.25, -0.2) is 0 Å². The van der Waals surface area contributed by atoms with Crippen LogP contribution < -0.4 is 11.1 Å². The molecule has 0 aliphatic rings. The van der Waals surface area contributed by atoms with Crippen LogP contribution >= 0.6 is 12.4 Å². The maximum Gasteiger partial charge on any atom is 0.223 e. The normalized spacial score (nSPS) is 13.2. The summed E-state index contributed by atoms with van der Waals surface area (Å²) >= 11 is 0. The van der Waals surface area contributed by atoms with Gasteiger partial charge in [0.1, 0.15) is 0 Å². The van der Waals surface area contributed by atoms with Gasteiger partial charge in [-0.15, -0.1) is 12.4 Å². The van der Waals surface area contributed by atoms with E-state index in [4.69, 9.17) is 5.73 Å². The molecule has 0 spiro atoms. The molecule has 0 heterocycles. The molecule has 0 aromatic heterocycles. The van der Waals surface area contributed by atoms with Gasteiger partial charge in [-0.1, -0.05) is 34.6 Å². The van der Waals surface area contributed by atoms with E-state index in [9.17, 15) is 4.79 Å². The van der Waals surface area contributed by atoms with Crippen molar-refractivity contribution in [3.05, 3.63) is 0 Å². The Kier molecular flexibility index (Phi) is 8.94. The summed E-state index contributed by atoms with van der Waals surface area (Å²) in [5.41, 5.74) is 5.53. The zero-order valence-electron chi connectivity index (χ0n) is 11.2. The topological polar surface area (TPSA) is 55.1 Å². The van der Waals surface area contributed by atoms with Crippen molar-refractivity contribution in [2.45, 2.75) is 53.0 Å². The first-order chi connectivity index (χ1) is 6.92. The van der Waals surface area contributed by atoms with Crippen molar-refractivity contribution in [3.8, 4) is 0 Å². The maximum atomic E-state index is 11.9. The number of carbonyl (C=O) groups excluding carboxylic acids is 1. The number of carbonyl (C=O) groups is 1. The summed E-state index contributed by atoms with van der Waals surface area (Å²) in [6.45, 7) is 10.7. The van der Waals surface area contributed by atoms with Crippen LogP contribution in [0, 0.1) is 11.8 Å². The van der Waals surface area contributed by atoms with E-state index in [0.29, 0.717) is 12.5 Å². The van der Waals surface area contributed by atoms with E-state index in [-0.39, 0.29) is 29.8 Å². The van der Waals surface area contributed by atoms with Crippen LogP contribution in [0.25, 0.3) is 0 Å². The highest BCUT2D eigenvalue weighted by Gasteiger charge is 2.28. The molecule has 0 bridgehead atoms. The van der Waals surface area contributed by atoms with Crippen LogP contribution in [-0.4, -0.2) is 18.0 Å². The Bertz CT molecular complexity index is 195. The molecule has 98 valence electrons. The first kappa shape index (κ1) is 18.1. The van der Waals surface area contributed by atoms with E-state index in [1.54, 1.807) is 0 Å². The standard InChI is InChI=1S/C12H26N2O.ClH/c1-6-12(7-2,8-13)14-11(15)10(5)9(3)4;/h9-10H,6-8,13H2,1-5H3,(H,14,15);1H. The third-order valence-electron chi connectivity index (χ3n) is 3.55. The second-order valence-electron chi connectivity index (χ2n) is 4.71. The zero-order chi connectivity index (χ0) is 12.1. The molecule has 1 unspecified atom stereocenters. The fourth-order valence-corrected chi connectivity index (χ4v) is 1.44. The lowest BCUT2D eigenvalue weighted by Gasteiger charge is -2.33. The van der Waals surface area contributed by atoms with Gasteiger partial charge < -0.3 is 11.1 Å². The van der Waals surface area contributed by atoms with Crippen molar-refractivity contribution in [1.82, 2.24) is 5.32 Å². The monoisotopic (exact) mass is 250 g/mol. The lowest BCUT2D eigenvalue weighted by atomic mass is 9.90. The van der Waals surface area contributed by atoms with Crippen LogP contribution in [0.4, 0.5) is 0 Å². The van der Waals surface area contributed by atoms with Crippen molar-refractivity contribution in [2.75, 3.05) is 6.54 Å². The summed E-state index contributed by atoms with van der Waals surface area (Å²) in [5, 5.41) is 3.10. The van der Waals surface area contributed by atoms with E-state index in [1.165, 1.54) is 0 Å². The Morgan fingerprint density at radius 1 is 1.25 bits per heavy atom. The predicted octanol–water partition coefficient (Wildman–Crippen LogP) is 2.33. The van der Waals surface area contributed by atoms with Crippen LogP contribution in [0.15, 0.2) is 0 Å². The molecule has 0 saturated heterocycles. The van der Waals surface area contributed by atoms with Crippen molar-refractivity contribution < 1.29 is 4.79 Å². The molecule has 0 aliphatic heterocycles. The molecular weight excluding hydrogens is 224 g/mol. The van der Waals surface area contributed by atoms with Gasteiger partial charge in [0.05, 0.1) is 5.54 Å². The summed E-state index contributed by atoms with van der Waals surface area (Å²) < 4.78 is 0. The fourth-order valence-electron chi connectivity index (χ4n) is 1.44. The molecule has 1 amide bonds. The van der Waals surface area contributed by atoms with Gasteiger partial charge in [-0.3, -0.25) is 4.79 Å². The highest BCUT2D eigenvalue weighted by Crippen LogP contribution is 2.16. The van der Waals surface area contributed by atoms with E-state index >= 15 is 0 Å². The molecule has 1 atom stereocenters. The summed E-state index contributed by atoms with van der Waals surface area (Å²) in [6.07, 6.45) is 1.77. The summed E-state index contributed by atoms with van der Waals surface area (Å²) in [5.74, 6) is 0.544. The molecule has 4 heteroatoms. The van der Waals surface area contributed by atoms with Crippen LogP contribution in [0.2, 0.25) is 0 Å². The maximum absolute atomic E-state index is 11.9. The van der Waals surface area contributed by atoms with E-state index < -0.39 is 0 Å². The first-order valence-corrected chi connectivity index (χ1v) is 5.94. The number of nitrogens with two attached hydrogens (primary N) is 1. The molecule has 16 heavy (non-hydrogen) atoms. The number of amides is 1. The average molecular weight is 251 g/mol. The van der Waals surface area contributed by atoms with Gasteiger partial charge in [0.2, 0.25) is 5.91 Å². The van der Waals surface area contributed by atoms with Crippen LogP contribution in [-0.2, 0) is 4.79 Å². The molecule has 0 aliphatic carbocycles. The van der Waals surface area contributed by atoms with Gasteiger partial charge in [-0.05, 0) is 18.8 Å². The highest BCUT2D eigenvalue weighted by atomic mass is 35.5. The Balaban J connectivity index is 0. The molecule has 0 aromatic rings. The van der Waals surface area contributed by atoms with E-state index in [1.807, 2.05) is 6.92 Å². The zero-order valence-corrected chi connectivity index (χ0v) is 12.0. The predicted molar refractivity (Wildman–Crippen MR) is 71.8 cm³/mol. The quantitative estimate of drug-likeness (QED) is 0.760. The second kappa shape index (κ2) is 7.91. The van der Waals surface area contributed by atoms with Crippen molar-refractivity contribution >= 4 is 18.3 Å². The van der Waals surface area contributed by atoms with Crippen molar-refractivity contribution in [1.29, 1.82) is 0 Å². The third kappa shape index (κ3) is 4.71. The minimum Gasteiger partial charge on any atom is -0.349 e. The minimum atomic E-state index is -0.208. The lowest BCUT2D eigenvalue weighted by molar-refractivity contribution is -0.127. The second-order valence-corrected chi connectivity index (χ2v) is 4.71. The SMILES string of the molecule is CCC(CC)(CN)NC(=O)C(C)C(C)C.Cl.